The molecular formula is C22H25ClFN5O4. The number of nitrogens with one attached hydrogen (secondary N) is 2. The molecule has 0 saturated carbocycles. The van der Waals surface area contributed by atoms with Crippen molar-refractivity contribution in [2.45, 2.75) is 24.8 Å². The maximum Gasteiger partial charge on any atom is 0.316 e. The first-order valence-electron chi connectivity index (χ1n) is 10.2. The Balaban J connectivity index is 1.61. The van der Waals surface area contributed by atoms with Gasteiger partial charge in [-0.05, 0) is 55.2 Å². The third-order valence-corrected chi connectivity index (χ3v) is 5.70. The molecule has 1 aliphatic rings. The van der Waals surface area contributed by atoms with E-state index in [1.165, 1.54) is 24.3 Å². The van der Waals surface area contributed by atoms with Gasteiger partial charge in [-0.25, -0.2) is 14.0 Å². The fourth-order valence-electron chi connectivity index (χ4n) is 3.87. The highest BCUT2D eigenvalue weighted by molar-refractivity contribution is 6.31. The predicted molar refractivity (Wildman–Crippen MR) is 122 cm³/mol. The molecule has 2 aromatic rings. The molecule has 33 heavy (non-hydrogen) atoms. The topological polar surface area (TPSA) is 140 Å². The quantitative estimate of drug-likeness (QED) is 0.486. The lowest BCUT2D eigenvalue weighted by Crippen LogP contribution is -2.58. The van der Waals surface area contributed by atoms with Gasteiger partial charge in [0.25, 0.3) is 5.91 Å². The van der Waals surface area contributed by atoms with Crippen molar-refractivity contribution < 1.29 is 23.5 Å². The van der Waals surface area contributed by atoms with E-state index in [0.29, 0.717) is 37.4 Å². The number of halogens is 2. The van der Waals surface area contributed by atoms with Crippen molar-refractivity contribution in [3.63, 3.8) is 0 Å². The van der Waals surface area contributed by atoms with Crippen LogP contribution >= 0.6 is 11.6 Å². The van der Waals surface area contributed by atoms with Crippen molar-refractivity contribution in [1.29, 1.82) is 0 Å². The molecule has 0 aromatic heterocycles. The number of likely N-dealkylation sites (tertiary alicyclic amines) is 1. The van der Waals surface area contributed by atoms with E-state index in [-0.39, 0.29) is 29.8 Å². The van der Waals surface area contributed by atoms with Gasteiger partial charge >= 0.3 is 12.1 Å². The number of urea groups is 2. The maximum absolute atomic E-state index is 13.2. The number of hydrogen-bond donors (Lipinski definition) is 4. The molecule has 2 aromatic carbocycles. The van der Waals surface area contributed by atoms with Crippen molar-refractivity contribution in [3.05, 3.63) is 58.9 Å². The number of nitrogens with two attached hydrogens (primary N) is 2. The minimum atomic E-state index is -0.788. The molecule has 1 fully saturated rings. The normalized spacial score (nSPS) is 14.9. The zero-order chi connectivity index (χ0) is 24.0. The van der Waals surface area contributed by atoms with Gasteiger partial charge in [0.1, 0.15) is 11.6 Å². The average Bonchev–Trinajstić information content (AvgIpc) is 2.74. The fourth-order valence-corrected chi connectivity index (χ4v) is 4.05. The molecule has 176 valence electrons. The Hall–Kier alpha value is -3.53. The molecule has 0 unspecified atom stereocenters. The van der Waals surface area contributed by atoms with Crippen LogP contribution < -0.4 is 26.8 Å². The van der Waals surface area contributed by atoms with Crippen LogP contribution in [0.3, 0.4) is 0 Å². The lowest BCUT2D eigenvalue weighted by atomic mass is 9.81. The van der Waals surface area contributed by atoms with E-state index in [1.807, 2.05) is 0 Å². The van der Waals surface area contributed by atoms with E-state index in [0.717, 1.165) is 5.56 Å². The Bertz CT molecular complexity index is 1030. The summed E-state index contributed by atoms with van der Waals surface area (Å²) in [7, 11) is 0. The van der Waals surface area contributed by atoms with Gasteiger partial charge in [-0.1, -0.05) is 23.7 Å². The summed E-state index contributed by atoms with van der Waals surface area (Å²) in [6, 6.07) is 9.16. The highest BCUT2D eigenvalue weighted by Crippen LogP contribution is 2.29. The Labute approximate surface area is 195 Å². The monoisotopic (exact) mass is 477 g/mol. The zero-order valence-corrected chi connectivity index (χ0v) is 18.5. The number of carbonyl (C=O) groups excluding carboxylic acids is 3. The standard InChI is InChI=1S/C22H25ClFN5O4/c23-15-3-6-18(17(11-15)27-20(25)31)33-13-19(30)29-9-7-22(8-10-29,28-21(26)32)12-14-1-4-16(24)5-2-14/h1-6,11H,7-10,12-13H2,(H3,25,27,31)(H3,26,28,32). The Kier molecular flexibility index (Phi) is 7.59. The van der Waals surface area contributed by atoms with Gasteiger partial charge in [0.2, 0.25) is 0 Å². The third kappa shape index (κ3) is 6.72. The van der Waals surface area contributed by atoms with E-state index < -0.39 is 17.6 Å². The molecule has 0 radical (unpaired) electrons. The van der Waals surface area contributed by atoms with Gasteiger partial charge in [0.15, 0.2) is 6.61 Å². The van der Waals surface area contributed by atoms with Gasteiger partial charge in [-0.3, -0.25) is 4.79 Å². The second-order valence-electron chi connectivity index (χ2n) is 7.87. The first-order chi connectivity index (χ1) is 15.7. The van der Waals surface area contributed by atoms with Gasteiger partial charge in [0, 0.05) is 23.7 Å². The lowest BCUT2D eigenvalue weighted by Gasteiger charge is -2.42. The molecule has 1 aliphatic heterocycles. The van der Waals surface area contributed by atoms with Crippen LogP contribution in [-0.2, 0) is 11.2 Å². The average molecular weight is 478 g/mol. The smallest absolute Gasteiger partial charge is 0.316 e. The van der Waals surface area contributed by atoms with Gasteiger partial charge in [-0.15, -0.1) is 0 Å². The first kappa shape index (κ1) is 24.1. The highest BCUT2D eigenvalue weighted by Gasteiger charge is 2.37. The molecule has 5 amide bonds. The van der Waals surface area contributed by atoms with Crippen LogP contribution in [0.4, 0.5) is 19.7 Å². The number of amides is 5. The summed E-state index contributed by atoms with van der Waals surface area (Å²) >= 11 is 5.93. The van der Waals surface area contributed by atoms with Crippen molar-refractivity contribution in [2.24, 2.45) is 11.5 Å². The van der Waals surface area contributed by atoms with Crippen LogP contribution in [0.25, 0.3) is 0 Å². The zero-order valence-electron chi connectivity index (χ0n) is 17.8. The van der Waals surface area contributed by atoms with Gasteiger partial charge in [-0.2, -0.15) is 0 Å². The number of benzene rings is 2. The van der Waals surface area contributed by atoms with E-state index in [2.05, 4.69) is 10.6 Å². The number of primary amides is 2. The Morgan fingerprint density at radius 1 is 1.06 bits per heavy atom. The molecule has 0 aliphatic carbocycles. The van der Waals surface area contributed by atoms with Crippen molar-refractivity contribution in [2.75, 3.05) is 25.0 Å². The van der Waals surface area contributed by atoms with E-state index in [4.69, 9.17) is 27.8 Å². The molecule has 0 bridgehead atoms. The number of nitrogens with zero attached hydrogens (tertiary/aromatic N) is 1. The molecule has 0 atom stereocenters. The summed E-state index contributed by atoms with van der Waals surface area (Å²) in [5.74, 6) is -0.347. The summed E-state index contributed by atoms with van der Waals surface area (Å²) in [4.78, 5) is 37.1. The molecule has 1 saturated heterocycles. The summed E-state index contributed by atoms with van der Waals surface area (Å²) in [5, 5.41) is 5.59. The van der Waals surface area contributed by atoms with Crippen LogP contribution in [-0.4, -0.2) is 48.1 Å². The summed E-state index contributed by atoms with van der Waals surface area (Å²) in [6.45, 7) is 0.483. The molecule has 3 rings (SSSR count). The number of rotatable bonds is 7. The number of ether oxygens (including phenoxy) is 1. The van der Waals surface area contributed by atoms with Crippen molar-refractivity contribution in [3.8, 4) is 5.75 Å². The molecular weight excluding hydrogens is 453 g/mol. The number of hydrogen-bond acceptors (Lipinski definition) is 4. The third-order valence-electron chi connectivity index (χ3n) is 5.47. The van der Waals surface area contributed by atoms with Gasteiger partial charge < -0.3 is 31.7 Å². The lowest BCUT2D eigenvalue weighted by molar-refractivity contribution is -0.135. The predicted octanol–water partition coefficient (Wildman–Crippen LogP) is 2.62. The van der Waals surface area contributed by atoms with Crippen LogP contribution in [0.1, 0.15) is 18.4 Å². The first-order valence-corrected chi connectivity index (χ1v) is 10.6. The summed E-state index contributed by atoms with van der Waals surface area (Å²) in [5.41, 5.74) is 11.0. The minimum absolute atomic E-state index is 0.254. The van der Waals surface area contributed by atoms with E-state index >= 15 is 0 Å². The SMILES string of the molecule is NC(=O)Nc1cc(Cl)ccc1OCC(=O)N1CCC(Cc2ccc(F)cc2)(NC(N)=O)CC1. The number of carbonyl (C=O) groups is 3. The highest BCUT2D eigenvalue weighted by atomic mass is 35.5. The second kappa shape index (κ2) is 10.4. The van der Waals surface area contributed by atoms with Crippen molar-refractivity contribution >= 4 is 35.3 Å². The largest absolute Gasteiger partial charge is 0.482 e. The molecule has 0 spiro atoms. The Morgan fingerprint density at radius 2 is 1.73 bits per heavy atom. The Morgan fingerprint density at radius 3 is 2.33 bits per heavy atom. The van der Waals surface area contributed by atoms with Crippen LogP contribution in [0.15, 0.2) is 42.5 Å². The van der Waals surface area contributed by atoms with Crippen LogP contribution in [0.5, 0.6) is 5.75 Å². The van der Waals surface area contributed by atoms with Crippen LogP contribution in [0.2, 0.25) is 5.02 Å². The van der Waals surface area contributed by atoms with Gasteiger partial charge in [0.05, 0.1) is 5.69 Å². The summed E-state index contributed by atoms with van der Waals surface area (Å²) < 4.78 is 18.8. The molecule has 1 heterocycles. The van der Waals surface area contributed by atoms with Crippen LogP contribution in [0, 0.1) is 5.82 Å². The minimum Gasteiger partial charge on any atom is -0.482 e. The van der Waals surface area contributed by atoms with Crippen molar-refractivity contribution in [1.82, 2.24) is 10.2 Å². The fraction of sp³-hybridized carbons (Fsp3) is 0.318. The van der Waals surface area contributed by atoms with E-state index in [9.17, 15) is 18.8 Å². The number of piperidine rings is 1. The molecule has 9 nitrogen and oxygen atoms in total. The molecule has 6 N–H and O–H groups in total. The maximum atomic E-state index is 13.2. The summed E-state index contributed by atoms with van der Waals surface area (Å²) in [6.07, 6.45) is 1.39. The second-order valence-corrected chi connectivity index (χ2v) is 8.31. The molecule has 11 heteroatoms. The van der Waals surface area contributed by atoms with E-state index in [1.54, 1.807) is 23.1 Å². The number of anilines is 1.